The summed E-state index contributed by atoms with van der Waals surface area (Å²) in [5.41, 5.74) is 0. The van der Waals surface area contributed by atoms with Gasteiger partial charge in [0, 0.05) is 26.1 Å². The second kappa shape index (κ2) is 8.53. The molecule has 120 valence electrons. The highest BCUT2D eigenvalue weighted by molar-refractivity contribution is 7.12. The summed E-state index contributed by atoms with van der Waals surface area (Å²) in [4.78, 5) is 37.5. The van der Waals surface area contributed by atoms with E-state index in [1.165, 1.54) is 11.3 Å². The molecule has 3 amide bonds. The molecule has 0 radical (unpaired) electrons. The van der Waals surface area contributed by atoms with Crippen molar-refractivity contribution in [2.45, 2.75) is 25.7 Å². The van der Waals surface area contributed by atoms with Crippen molar-refractivity contribution in [3.63, 3.8) is 0 Å². The average molecular weight is 323 g/mol. The lowest BCUT2D eigenvalue weighted by Gasteiger charge is -2.15. The Labute approximate surface area is 133 Å². The number of hydrogen-bond donors (Lipinski definition) is 2. The summed E-state index contributed by atoms with van der Waals surface area (Å²) >= 11 is 1.39. The van der Waals surface area contributed by atoms with Crippen LogP contribution in [-0.4, -0.2) is 48.8 Å². The first-order valence-electron chi connectivity index (χ1n) is 7.53. The lowest BCUT2D eigenvalue weighted by Crippen LogP contribution is -2.38. The van der Waals surface area contributed by atoms with E-state index in [-0.39, 0.29) is 24.3 Å². The smallest absolute Gasteiger partial charge is 0.261 e. The molecular weight excluding hydrogens is 302 g/mol. The topological polar surface area (TPSA) is 78.5 Å². The summed E-state index contributed by atoms with van der Waals surface area (Å²) in [6.07, 6.45) is 2.95. The molecule has 0 aliphatic carbocycles. The third kappa shape index (κ3) is 5.14. The zero-order valence-electron chi connectivity index (χ0n) is 12.5. The second-order valence-corrected chi connectivity index (χ2v) is 6.15. The quantitative estimate of drug-likeness (QED) is 0.735. The molecule has 0 bridgehead atoms. The monoisotopic (exact) mass is 323 g/mol. The van der Waals surface area contributed by atoms with E-state index in [2.05, 4.69) is 10.6 Å². The van der Waals surface area contributed by atoms with Crippen molar-refractivity contribution in [2.24, 2.45) is 0 Å². The number of carbonyl (C=O) groups excluding carboxylic acids is 3. The summed E-state index contributed by atoms with van der Waals surface area (Å²) in [7, 11) is 0. The van der Waals surface area contributed by atoms with E-state index in [0.717, 1.165) is 25.9 Å². The molecule has 2 N–H and O–H groups in total. The summed E-state index contributed by atoms with van der Waals surface area (Å²) < 4.78 is 0. The molecule has 0 saturated carbocycles. The molecule has 1 aromatic rings. The Hall–Kier alpha value is -1.89. The fourth-order valence-electron chi connectivity index (χ4n) is 2.29. The van der Waals surface area contributed by atoms with E-state index in [1.54, 1.807) is 11.0 Å². The van der Waals surface area contributed by atoms with Crippen molar-refractivity contribution >= 4 is 29.1 Å². The maximum atomic E-state index is 11.8. The molecule has 1 aliphatic rings. The van der Waals surface area contributed by atoms with Crippen LogP contribution in [0.1, 0.15) is 35.4 Å². The number of amides is 3. The van der Waals surface area contributed by atoms with Crippen molar-refractivity contribution in [1.82, 2.24) is 15.5 Å². The number of rotatable bonds is 7. The maximum absolute atomic E-state index is 11.8. The molecule has 1 aromatic heterocycles. The molecule has 0 aromatic carbocycles. The highest BCUT2D eigenvalue weighted by Gasteiger charge is 2.17. The number of nitrogens with one attached hydrogen (secondary N) is 2. The van der Waals surface area contributed by atoms with Gasteiger partial charge in [-0.2, -0.15) is 0 Å². The Balaban J connectivity index is 1.54. The minimum atomic E-state index is -0.155. The molecule has 7 heteroatoms. The van der Waals surface area contributed by atoms with Gasteiger partial charge in [-0.25, -0.2) is 0 Å². The first kappa shape index (κ1) is 16.5. The molecule has 6 nitrogen and oxygen atoms in total. The van der Waals surface area contributed by atoms with Gasteiger partial charge >= 0.3 is 0 Å². The summed E-state index contributed by atoms with van der Waals surface area (Å²) in [6, 6.07) is 3.58. The van der Waals surface area contributed by atoms with Gasteiger partial charge in [0.1, 0.15) is 0 Å². The van der Waals surface area contributed by atoms with Gasteiger partial charge in [-0.3, -0.25) is 14.4 Å². The highest BCUT2D eigenvalue weighted by Crippen LogP contribution is 2.08. The van der Waals surface area contributed by atoms with Crippen molar-refractivity contribution < 1.29 is 14.4 Å². The average Bonchev–Trinajstić information content (AvgIpc) is 3.21. The van der Waals surface area contributed by atoms with Crippen molar-refractivity contribution in [3.8, 4) is 0 Å². The largest absolute Gasteiger partial charge is 0.351 e. The molecule has 1 aliphatic heterocycles. The fourth-order valence-corrected chi connectivity index (χ4v) is 2.93. The van der Waals surface area contributed by atoms with Crippen LogP contribution in [0.4, 0.5) is 0 Å². The Morgan fingerprint density at radius 2 is 1.95 bits per heavy atom. The van der Waals surface area contributed by atoms with Gasteiger partial charge in [0.25, 0.3) is 5.91 Å². The third-order valence-electron chi connectivity index (χ3n) is 3.51. The summed E-state index contributed by atoms with van der Waals surface area (Å²) in [5.74, 6) is -0.283. The molecular formula is C15H21N3O3S. The molecule has 2 rings (SSSR count). The zero-order valence-corrected chi connectivity index (χ0v) is 13.3. The van der Waals surface area contributed by atoms with Crippen LogP contribution in [0.15, 0.2) is 17.5 Å². The van der Waals surface area contributed by atoms with Gasteiger partial charge < -0.3 is 15.5 Å². The van der Waals surface area contributed by atoms with E-state index in [9.17, 15) is 14.4 Å². The predicted octanol–water partition coefficient (Wildman–Crippen LogP) is 0.997. The predicted molar refractivity (Wildman–Crippen MR) is 84.7 cm³/mol. The fraction of sp³-hybridized carbons (Fsp3) is 0.533. The number of thiophene rings is 1. The molecule has 2 heterocycles. The molecule has 22 heavy (non-hydrogen) atoms. The first-order chi connectivity index (χ1) is 10.7. The van der Waals surface area contributed by atoms with Crippen molar-refractivity contribution in [3.05, 3.63) is 22.4 Å². The lowest BCUT2D eigenvalue weighted by atomic mass is 10.3. The van der Waals surface area contributed by atoms with Gasteiger partial charge in [-0.05, 0) is 30.7 Å². The third-order valence-corrected chi connectivity index (χ3v) is 4.38. The standard InChI is InChI=1S/C15H21N3O3S/c19-13(17-11-14(20)18-8-1-2-9-18)6-3-7-16-15(21)12-5-4-10-22-12/h4-5,10H,1-3,6-9,11H2,(H,16,21)(H,17,19). The van der Waals surface area contributed by atoms with Crippen molar-refractivity contribution in [1.29, 1.82) is 0 Å². The number of hydrogen-bond acceptors (Lipinski definition) is 4. The van der Waals surface area contributed by atoms with Crippen LogP contribution in [0, 0.1) is 0 Å². The molecule has 1 fully saturated rings. The SMILES string of the molecule is O=C(CCCNC(=O)c1cccs1)NCC(=O)N1CCCC1. The Morgan fingerprint density at radius 1 is 1.18 bits per heavy atom. The van der Waals surface area contributed by atoms with Gasteiger partial charge in [0.2, 0.25) is 11.8 Å². The van der Waals surface area contributed by atoms with Gasteiger partial charge in [0.15, 0.2) is 0 Å². The number of carbonyl (C=O) groups is 3. The van der Waals surface area contributed by atoms with E-state index in [1.807, 2.05) is 11.4 Å². The second-order valence-electron chi connectivity index (χ2n) is 5.20. The Morgan fingerprint density at radius 3 is 2.64 bits per heavy atom. The van der Waals surface area contributed by atoms with E-state index >= 15 is 0 Å². The normalized spacial score (nSPS) is 13.9. The molecule has 0 unspecified atom stereocenters. The van der Waals surface area contributed by atoms with E-state index in [4.69, 9.17) is 0 Å². The van der Waals surface area contributed by atoms with E-state index < -0.39 is 0 Å². The molecule has 0 spiro atoms. The molecule has 1 saturated heterocycles. The van der Waals surface area contributed by atoms with Crippen LogP contribution in [0.3, 0.4) is 0 Å². The van der Waals surface area contributed by atoms with Crippen LogP contribution >= 0.6 is 11.3 Å². The van der Waals surface area contributed by atoms with Gasteiger partial charge in [-0.15, -0.1) is 11.3 Å². The zero-order chi connectivity index (χ0) is 15.8. The van der Waals surface area contributed by atoms with Gasteiger partial charge in [0.05, 0.1) is 11.4 Å². The van der Waals surface area contributed by atoms with Crippen LogP contribution in [-0.2, 0) is 9.59 Å². The van der Waals surface area contributed by atoms with Crippen LogP contribution < -0.4 is 10.6 Å². The number of likely N-dealkylation sites (tertiary alicyclic amines) is 1. The first-order valence-corrected chi connectivity index (χ1v) is 8.41. The van der Waals surface area contributed by atoms with Gasteiger partial charge in [-0.1, -0.05) is 6.07 Å². The molecule has 0 atom stereocenters. The van der Waals surface area contributed by atoms with Crippen molar-refractivity contribution in [2.75, 3.05) is 26.2 Å². The Kier molecular flexibility index (Phi) is 6.39. The summed E-state index contributed by atoms with van der Waals surface area (Å²) in [5, 5.41) is 7.25. The Bertz CT molecular complexity index is 510. The minimum absolute atomic E-state index is 0.0168. The van der Waals surface area contributed by atoms with Crippen LogP contribution in [0.5, 0.6) is 0 Å². The summed E-state index contributed by atoms with van der Waals surface area (Å²) in [6.45, 7) is 2.11. The van der Waals surface area contributed by atoms with Crippen LogP contribution in [0.2, 0.25) is 0 Å². The number of nitrogens with zero attached hydrogens (tertiary/aromatic N) is 1. The maximum Gasteiger partial charge on any atom is 0.261 e. The van der Waals surface area contributed by atoms with Crippen LogP contribution in [0.25, 0.3) is 0 Å². The minimum Gasteiger partial charge on any atom is -0.351 e. The highest BCUT2D eigenvalue weighted by atomic mass is 32.1. The lowest BCUT2D eigenvalue weighted by molar-refractivity contribution is -0.132. The van der Waals surface area contributed by atoms with E-state index in [0.29, 0.717) is 24.3 Å².